The van der Waals surface area contributed by atoms with Crippen molar-refractivity contribution in [3.8, 4) is 5.75 Å². The van der Waals surface area contributed by atoms with Crippen LogP contribution in [0.4, 0.5) is 5.69 Å². The zero-order valence-electron chi connectivity index (χ0n) is 23.8. The first-order valence-corrected chi connectivity index (χ1v) is 15.6. The van der Waals surface area contributed by atoms with Gasteiger partial charge in [0.15, 0.2) is 6.10 Å². The number of aryl methyl sites for hydroxylation is 3. The van der Waals surface area contributed by atoms with Crippen LogP contribution in [-0.2, 0) is 26.0 Å². The molecule has 2 atom stereocenters. The van der Waals surface area contributed by atoms with E-state index >= 15 is 0 Å². The third kappa shape index (κ3) is 6.16. The number of carbonyl (C=O) groups excluding carboxylic acids is 2. The standard InChI is InChI=1S/C32H37N3O5S/c1-22-18-23(2)30(24(3)19-22)41(38,39)34-17-9-12-26(20-34)32(37)35-21-29(40-28-14-8-7-13-27(28)35)31(36)33-16-15-25-10-5-4-6-11-25/h4-8,10-11,13-14,18-19,26,29H,9,12,15-17,20-21H2,1-3H3,(H,33,36). The molecule has 2 heterocycles. The number of benzene rings is 3. The summed E-state index contributed by atoms with van der Waals surface area (Å²) >= 11 is 0. The second-order valence-electron chi connectivity index (χ2n) is 11.0. The van der Waals surface area contributed by atoms with Gasteiger partial charge >= 0.3 is 0 Å². The predicted octanol–water partition coefficient (Wildman–Crippen LogP) is 4.17. The fourth-order valence-corrected chi connectivity index (χ4v) is 7.89. The molecule has 0 spiro atoms. The Morgan fingerprint density at radius 1 is 0.951 bits per heavy atom. The van der Waals surface area contributed by atoms with E-state index < -0.39 is 22.0 Å². The number of para-hydroxylation sites is 2. The highest BCUT2D eigenvalue weighted by Crippen LogP contribution is 2.36. The van der Waals surface area contributed by atoms with Crippen LogP contribution in [-0.4, -0.2) is 56.8 Å². The molecule has 0 radical (unpaired) electrons. The number of amides is 2. The van der Waals surface area contributed by atoms with Crippen molar-refractivity contribution >= 4 is 27.5 Å². The summed E-state index contributed by atoms with van der Waals surface area (Å²) < 4.78 is 35.0. The molecule has 1 N–H and O–H groups in total. The summed E-state index contributed by atoms with van der Waals surface area (Å²) in [5, 5.41) is 2.94. The van der Waals surface area contributed by atoms with Crippen LogP contribution in [0.5, 0.6) is 5.75 Å². The van der Waals surface area contributed by atoms with Gasteiger partial charge in [-0.05, 0) is 68.9 Å². The fourth-order valence-electron chi connectivity index (χ4n) is 5.95. The lowest BCUT2D eigenvalue weighted by atomic mass is 9.97. The van der Waals surface area contributed by atoms with Crippen molar-refractivity contribution in [3.05, 3.63) is 89.0 Å². The summed E-state index contributed by atoms with van der Waals surface area (Å²) in [5.74, 6) is -0.550. The highest BCUT2D eigenvalue weighted by Gasteiger charge is 2.40. The van der Waals surface area contributed by atoms with E-state index in [9.17, 15) is 18.0 Å². The maximum absolute atomic E-state index is 14.0. The number of hydrogen-bond donors (Lipinski definition) is 1. The van der Waals surface area contributed by atoms with Crippen LogP contribution in [0.3, 0.4) is 0 Å². The predicted molar refractivity (Wildman–Crippen MR) is 159 cm³/mol. The Bertz CT molecular complexity index is 1520. The number of hydrogen-bond acceptors (Lipinski definition) is 5. The van der Waals surface area contributed by atoms with Crippen molar-refractivity contribution in [1.82, 2.24) is 9.62 Å². The zero-order chi connectivity index (χ0) is 29.1. The Balaban J connectivity index is 1.32. The van der Waals surface area contributed by atoms with Crippen molar-refractivity contribution < 1.29 is 22.7 Å². The maximum Gasteiger partial charge on any atom is 0.262 e. The molecule has 2 aliphatic heterocycles. The van der Waals surface area contributed by atoms with Gasteiger partial charge in [-0.25, -0.2) is 8.42 Å². The van der Waals surface area contributed by atoms with Crippen molar-refractivity contribution in [2.24, 2.45) is 5.92 Å². The lowest BCUT2D eigenvalue weighted by Crippen LogP contribution is -2.54. The minimum Gasteiger partial charge on any atom is -0.477 e. The minimum absolute atomic E-state index is 0.0619. The first kappa shape index (κ1) is 28.8. The molecule has 3 aromatic rings. The van der Waals surface area contributed by atoms with Gasteiger partial charge in [0.2, 0.25) is 15.9 Å². The van der Waals surface area contributed by atoms with E-state index in [1.807, 2.05) is 69.3 Å². The smallest absolute Gasteiger partial charge is 0.262 e. The van der Waals surface area contributed by atoms with Gasteiger partial charge in [0.25, 0.3) is 5.91 Å². The Morgan fingerprint density at radius 3 is 2.37 bits per heavy atom. The number of rotatable bonds is 7. The summed E-state index contributed by atoms with van der Waals surface area (Å²) in [6.07, 6.45) is 0.968. The second kappa shape index (κ2) is 12.0. The monoisotopic (exact) mass is 575 g/mol. The molecule has 1 saturated heterocycles. The number of piperidine rings is 1. The number of anilines is 1. The molecule has 2 aliphatic rings. The summed E-state index contributed by atoms with van der Waals surface area (Å²) in [7, 11) is -3.78. The molecule has 8 nitrogen and oxygen atoms in total. The zero-order valence-corrected chi connectivity index (χ0v) is 24.6. The van der Waals surface area contributed by atoms with Crippen molar-refractivity contribution in [3.63, 3.8) is 0 Å². The van der Waals surface area contributed by atoms with Gasteiger partial charge in [-0.3, -0.25) is 9.59 Å². The highest BCUT2D eigenvalue weighted by atomic mass is 32.2. The summed E-state index contributed by atoms with van der Waals surface area (Å²) in [5.41, 5.74) is 4.14. The van der Waals surface area contributed by atoms with Gasteiger partial charge in [0, 0.05) is 19.6 Å². The second-order valence-corrected chi connectivity index (χ2v) is 12.9. The Labute approximate surface area is 242 Å². The number of nitrogens with one attached hydrogen (secondary N) is 1. The maximum atomic E-state index is 14.0. The Hall–Kier alpha value is -3.69. The third-order valence-corrected chi connectivity index (χ3v) is 10.00. The quantitative estimate of drug-likeness (QED) is 0.456. The summed E-state index contributed by atoms with van der Waals surface area (Å²) in [6, 6.07) is 20.8. The molecule has 0 aromatic heterocycles. The van der Waals surface area contributed by atoms with Gasteiger partial charge in [-0.15, -0.1) is 0 Å². The number of ether oxygens (including phenoxy) is 1. The Kier molecular flexibility index (Phi) is 8.47. The molecular formula is C32H37N3O5S. The highest BCUT2D eigenvalue weighted by molar-refractivity contribution is 7.89. The lowest BCUT2D eigenvalue weighted by Gasteiger charge is -2.38. The molecule has 1 fully saturated rings. The fraction of sp³-hybridized carbons (Fsp3) is 0.375. The van der Waals surface area contributed by atoms with Crippen molar-refractivity contribution in [1.29, 1.82) is 0 Å². The molecule has 216 valence electrons. The lowest BCUT2D eigenvalue weighted by molar-refractivity contribution is -0.129. The van der Waals surface area contributed by atoms with Crippen LogP contribution in [0.15, 0.2) is 71.6 Å². The molecule has 5 rings (SSSR count). The van der Waals surface area contributed by atoms with Crippen LogP contribution in [0.25, 0.3) is 0 Å². The summed E-state index contributed by atoms with van der Waals surface area (Å²) in [4.78, 5) is 29.0. The van der Waals surface area contributed by atoms with E-state index in [4.69, 9.17) is 4.74 Å². The van der Waals surface area contributed by atoms with Crippen LogP contribution in [0.1, 0.15) is 35.1 Å². The average Bonchev–Trinajstić information content (AvgIpc) is 2.96. The van der Waals surface area contributed by atoms with Gasteiger partial charge in [-0.1, -0.05) is 60.2 Å². The molecule has 2 amide bonds. The topological polar surface area (TPSA) is 96.0 Å². The minimum atomic E-state index is -3.78. The van der Waals surface area contributed by atoms with Crippen LogP contribution in [0, 0.1) is 26.7 Å². The molecule has 0 aliphatic carbocycles. The third-order valence-electron chi connectivity index (χ3n) is 7.82. The number of fused-ring (bicyclic) bond motifs is 1. The van der Waals surface area contributed by atoms with Crippen LogP contribution < -0.4 is 15.0 Å². The molecule has 9 heteroatoms. The summed E-state index contributed by atoms with van der Waals surface area (Å²) in [6.45, 7) is 6.55. The van der Waals surface area contributed by atoms with E-state index in [2.05, 4.69) is 5.32 Å². The first-order valence-electron chi connectivity index (χ1n) is 14.1. The van der Waals surface area contributed by atoms with Gasteiger partial charge in [0.05, 0.1) is 23.0 Å². The van der Waals surface area contributed by atoms with E-state index in [0.29, 0.717) is 59.8 Å². The van der Waals surface area contributed by atoms with Crippen molar-refractivity contribution in [2.75, 3.05) is 31.1 Å². The number of sulfonamides is 1. The molecule has 0 saturated carbocycles. The normalized spacial score (nSPS) is 19.2. The van der Waals surface area contributed by atoms with E-state index in [-0.39, 0.29) is 24.9 Å². The first-order chi connectivity index (χ1) is 19.6. The van der Waals surface area contributed by atoms with E-state index in [0.717, 1.165) is 11.1 Å². The van der Waals surface area contributed by atoms with Gasteiger partial charge in [-0.2, -0.15) is 4.31 Å². The van der Waals surface area contributed by atoms with E-state index in [1.54, 1.807) is 23.1 Å². The number of carbonyl (C=O) groups is 2. The SMILES string of the molecule is Cc1cc(C)c(S(=O)(=O)N2CCCC(C(=O)N3CC(C(=O)NCCc4ccccc4)Oc4ccccc43)C2)c(C)c1. The largest absolute Gasteiger partial charge is 0.477 e. The van der Waals surface area contributed by atoms with Crippen LogP contribution >= 0.6 is 0 Å². The molecule has 41 heavy (non-hydrogen) atoms. The van der Waals surface area contributed by atoms with Crippen molar-refractivity contribution in [2.45, 2.75) is 51.0 Å². The van der Waals surface area contributed by atoms with Gasteiger partial charge in [0.1, 0.15) is 5.75 Å². The molecule has 3 aromatic carbocycles. The average molecular weight is 576 g/mol. The van der Waals surface area contributed by atoms with E-state index in [1.165, 1.54) is 4.31 Å². The van der Waals surface area contributed by atoms with Crippen LogP contribution in [0.2, 0.25) is 0 Å². The van der Waals surface area contributed by atoms with Gasteiger partial charge < -0.3 is 15.0 Å². The Morgan fingerprint density at radius 2 is 1.63 bits per heavy atom. The number of nitrogens with zero attached hydrogens (tertiary/aromatic N) is 2. The molecular weight excluding hydrogens is 538 g/mol. The molecule has 0 bridgehead atoms. The molecule has 2 unspecified atom stereocenters.